The summed E-state index contributed by atoms with van der Waals surface area (Å²) in [5.41, 5.74) is 0. The van der Waals surface area contributed by atoms with Crippen molar-refractivity contribution in [3.8, 4) is 0 Å². The maximum Gasteiger partial charge on any atom is 0.397 e. The normalized spacial score (nSPS) is 26.7. The molecule has 3 atom stereocenters. The molecule has 1 fully saturated rings. The average molecular weight is 252 g/mol. The molecule has 0 bridgehead atoms. The number of hydrogen-bond acceptors (Lipinski definition) is 4. The molecule has 2 N–H and O–H groups in total. The molecule has 0 amide bonds. The zero-order chi connectivity index (χ0) is 12.2. The third-order valence-electron chi connectivity index (χ3n) is 2.84. The Kier molecular flexibility index (Phi) is 5.17. The second-order valence-electron chi connectivity index (χ2n) is 4.44. The van der Waals surface area contributed by atoms with Gasteiger partial charge in [-0.25, -0.2) is 4.18 Å². The van der Waals surface area contributed by atoms with Crippen molar-refractivity contribution in [2.45, 2.75) is 57.7 Å². The van der Waals surface area contributed by atoms with Crippen LogP contribution < -0.4 is 0 Å². The summed E-state index contributed by atoms with van der Waals surface area (Å²) in [5.74, 6) is 0.133. The van der Waals surface area contributed by atoms with Crippen molar-refractivity contribution in [2.75, 3.05) is 0 Å². The molecule has 0 aliphatic heterocycles. The quantitative estimate of drug-likeness (QED) is 0.505. The SMILES string of the molecule is CCCCCC(CC1CC1O)OS(=O)(=O)O. The van der Waals surface area contributed by atoms with E-state index in [2.05, 4.69) is 11.1 Å². The van der Waals surface area contributed by atoms with E-state index >= 15 is 0 Å². The smallest absolute Gasteiger partial charge is 0.393 e. The van der Waals surface area contributed by atoms with Gasteiger partial charge in [0.15, 0.2) is 0 Å². The minimum Gasteiger partial charge on any atom is -0.393 e. The summed E-state index contributed by atoms with van der Waals surface area (Å²) in [7, 11) is -4.38. The Bertz CT molecular complexity index is 300. The Morgan fingerprint density at radius 1 is 1.44 bits per heavy atom. The summed E-state index contributed by atoms with van der Waals surface area (Å²) in [5, 5.41) is 9.18. The molecule has 6 heteroatoms. The molecule has 0 aromatic heterocycles. The van der Waals surface area contributed by atoms with Gasteiger partial charge in [-0.1, -0.05) is 26.2 Å². The Balaban J connectivity index is 2.35. The molecule has 0 aromatic carbocycles. The first kappa shape index (κ1) is 13.9. The van der Waals surface area contributed by atoms with Crippen LogP contribution in [0.15, 0.2) is 0 Å². The lowest BCUT2D eigenvalue weighted by atomic mass is 10.1. The van der Waals surface area contributed by atoms with Crippen LogP contribution in [-0.4, -0.2) is 30.3 Å². The summed E-state index contributed by atoms with van der Waals surface area (Å²) >= 11 is 0. The maximum absolute atomic E-state index is 10.6. The van der Waals surface area contributed by atoms with Gasteiger partial charge in [0.2, 0.25) is 0 Å². The predicted octanol–water partition coefficient (Wildman–Crippen LogP) is 1.53. The summed E-state index contributed by atoms with van der Waals surface area (Å²) < 4.78 is 34.5. The average Bonchev–Trinajstić information content (AvgIpc) is 2.79. The molecular formula is C10H20O5S. The predicted molar refractivity (Wildman–Crippen MR) is 59.3 cm³/mol. The van der Waals surface area contributed by atoms with Crippen LogP contribution >= 0.6 is 0 Å². The molecule has 1 aliphatic rings. The molecule has 0 aromatic rings. The van der Waals surface area contributed by atoms with E-state index in [0.717, 1.165) is 19.3 Å². The van der Waals surface area contributed by atoms with Gasteiger partial charge in [-0.15, -0.1) is 0 Å². The van der Waals surface area contributed by atoms with E-state index in [-0.39, 0.29) is 12.0 Å². The van der Waals surface area contributed by atoms with Crippen molar-refractivity contribution in [1.29, 1.82) is 0 Å². The van der Waals surface area contributed by atoms with Crippen LogP contribution in [0.4, 0.5) is 0 Å². The van der Waals surface area contributed by atoms with Gasteiger partial charge in [-0.05, 0) is 25.2 Å². The summed E-state index contributed by atoms with van der Waals surface area (Å²) in [6.45, 7) is 2.06. The van der Waals surface area contributed by atoms with Gasteiger partial charge >= 0.3 is 10.4 Å². The van der Waals surface area contributed by atoms with E-state index < -0.39 is 16.5 Å². The summed E-state index contributed by atoms with van der Waals surface area (Å²) in [4.78, 5) is 0. The zero-order valence-corrected chi connectivity index (χ0v) is 10.3. The third-order valence-corrected chi connectivity index (χ3v) is 3.35. The molecule has 1 saturated carbocycles. The maximum atomic E-state index is 10.6. The van der Waals surface area contributed by atoms with Gasteiger partial charge in [-0.2, -0.15) is 8.42 Å². The lowest BCUT2D eigenvalue weighted by molar-refractivity contribution is 0.145. The first-order valence-corrected chi connectivity index (χ1v) is 7.12. The summed E-state index contributed by atoms with van der Waals surface area (Å²) in [6.07, 6.45) is 3.94. The fourth-order valence-electron chi connectivity index (χ4n) is 1.82. The zero-order valence-electron chi connectivity index (χ0n) is 9.50. The standard InChI is InChI=1S/C10H20O5S/c1-2-3-4-5-9(15-16(12,13)14)6-8-7-10(8)11/h8-11H,2-7H2,1H3,(H,12,13,14). The highest BCUT2D eigenvalue weighted by Gasteiger charge is 2.37. The van der Waals surface area contributed by atoms with E-state index in [4.69, 9.17) is 4.55 Å². The number of rotatable bonds is 8. The molecule has 3 unspecified atom stereocenters. The molecular weight excluding hydrogens is 232 g/mol. The van der Waals surface area contributed by atoms with E-state index in [1.54, 1.807) is 0 Å². The molecule has 0 heterocycles. The fraction of sp³-hybridized carbons (Fsp3) is 1.00. The number of unbranched alkanes of at least 4 members (excludes halogenated alkanes) is 2. The van der Waals surface area contributed by atoms with Crippen molar-refractivity contribution >= 4 is 10.4 Å². The highest BCUT2D eigenvalue weighted by Crippen LogP contribution is 2.36. The largest absolute Gasteiger partial charge is 0.397 e. The van der Waals surface area contributed by atoms with Crippen molar-refractivity contribution in [3.63, 3.8) is 0 Å². The molecule has 0 saturated heterocycles. The second-order valence-corrected chi connectivity index (χ2v) is 5.49. The van der Waals surface area contributed by atoms with Crippen LogP contribution in [0.2, 0.25) is 0 Å². The molecule has 1 rings (SSSR count). The molecule has 96 valence electrons. The van der Waals surface area contributed by atoms with E-state index in [1.165, 1.54) is 0 Å². The third kappa shape index (κ3) is 5.79. The van der Waals surface area contributed by atoms with Crippen LogP contribution in [0.5, 0.6) is 0 Å². The number of aliphatic hydroxyl groups excluding tert-OH is 1. The highest BCUT2D eigenvalue weighted by molar-refractivity contribution is 7.80. The minimum absolute atomic E-state index is 0.133. The number of aliphatic hydroxyl groups is 1. The van der Waals surface area contributed by atoms with Crippen LogP contribution in [0.25, 0.3) is 0 Å². The lowest BCUT2D eigenvalue weighted by Gasteiger charge is -2.14. The monoisotopic (exact) mass is 252 g/mol. The fourth-order valence-corrected chi connectivity index (χ4v) is 2.34. The molecule has 16 heavy (non-hydrogen) atoms. The minimum atomic E-state index is -4.38. The lowest BCUT2D eigenvalue weighted by Crippen LogP contribution is -2.19. The van der Waals surface area contributed by atoms with Gasteiger partial charge in [0, 0.05) is 0 Å². The molecule has 0 spiro atoms. The number of hydrogen-bond donors (Lipinski definition) is 2. The van der Waals surface area contributed by atoms with E-state index in [9.17, 15) is 13.5 Å². The van der Waals surface area contributed by atoms with Crippen molar-refractivity contribution in [2.24, 2.45) is 5.92 Å². The van der Waals surface area contributed by atoms with E-state index in [0.29, 0.717) is 19.3 Å². The van der Waals surface area contributed by atoms with Crippen molar-refractivity contribution in [3.05, 3.63) is 0 Å². The van der Waals surface area contributed by atoms with Crippen molar-refractivity contribution < 1.29 is 22.3 Å². The molecule has 5 nitrogen and oxygen atoms in total. The Hall–Kier alpha value is -0.170. The van der Waals surface area contributed by atoms with Crippen LogP contribution in [0, 0.1) is 5.92 Å². The Labute approximate surface area is 96.8 Å². The van der Waals surface area contributed by atoms with Gasteiger partial charge < -0.3 is 5.11 Å². The first-order chi connectivity index (χ1) is 7.42. The highest BCUT2D eigenvalue weighted by atomic mass is 32.3. The van der Waals surface area contributed by atoms with Gasteiger partial charge in [0.05, 0.1) is 12.2 Å². The van der Waals surface area contributed by atoms with Gasteiger partial charge in [0.1, 0.15) is 0 Å². The van der Waals surface area contributed by atoms with E-state index in [1.807, 2.05) is 0 Å². The van der Waals surface area contributed by atoms with Gasteiger partial charge in [0.25, 0.3) is 0 Å². The Morgan fingerprint density at radius 3 is 2.50 bits per heavy atom. The van der Waals surface area contributed by atoms with Crippen molar-refractivity contribution in [1.82, 2.24) is 0 Å². The summed E-state index contributed by atoms with van der Waals surface area (Å²) in [6, 6.07) is 0. The topological polar surface area (TPSA) is 83.8 Å². The Morgan fingerprint density at radius 2 is 2.06 bits per heavy atom. The van der Waals surface area contributed by atoms with Crippen LogP contribution in [0.1, 0.15) is 45.4 Å². The van der Waals surface area contributed by atoms with Crippen LogP contribution in [0.3, 0.4) is 0 Å². The van der Waals surface area contributed by atoms with Crippen LogP contribution in [-0.2, 0) is 14.6 Å². The molecule has 0 radical (unpaired) electrons. The first-order valence-electron chi connectivity index (χ1n) is 5.76. The molecule has 1 aliphatic carbocycles. The second kappa shape index (κ2) is 5.95. The van der Waals surface area contributed by atoms with Gasteiger partial charge in [-0.3, -0.25) is 4.55 Å².